The summed E-state index contributed by atoms with van der Waals surface area (Å²) in [7, 11) is 0. The van der Waals surface area contributed by atoms with Gasteiger partial charge in [0.15, 0.2) is 5.16 Å². The van der Waals surface area contributed by atoms with Crippen molar-refractivity contribution in [3.63, 3.8) is 0 Å². The zero-order chi connectivity index (χ0) is 13.5. The molecule has 0 radical (unpaired) electrons. The van der Waals surface area contributed by atoms with Gasteiger partial charge in [0.2, 0.25) is 0 Å². The maximum absolute atomic E-state index is 10.3. The average molecular weight is 293 g/mol. The van der Waals surface area contributed by atoms with Crippen LogP contribution in [0, 0.1) is 0 Å². The van der Waals surface area contributed by atoms with Crippen LogP contribution in [0.5, 0.6) is 0 Å². The molecule has 3 saturated carbocycles. The SMILES string of the molecule is OC1CCCCCC1Sc1nnc(C2CC2)n1C1CC1. The molecule has 0 bridgehead atoms. The van der Waals surface area contributed by atoms with Crippen LogP contribution in [-0.4, -0.2) is 31.2 Å². The number of aromatic nitrogens is 3. The van der Waals surface area contributed by atoms with Gasteiger partial charge in [0.25, 0.3) is 0 Å². The summed E-state index contributed by atoms with van der Waals surface area (Å²) >= 11 is 1.79. The molecular formula is C15H23N3OS. The Bertz CT molecular complexity index is 481. The Morgan fingerprint density at radius 3 is 2.50 bits per heavy atom. The van der Waals surface area contributed by atoms with Gasteiger partial charge in [0.05, 0.1) is 6.10 Å². The lowest BCUT2D eigenvalue weighted by atomic mass is 10.1. The molecule has 1 aromatic rings. The van der Waals surface area contributed by atoms with Crippen molar-refractivity contribution in [2.75, 3.05) is 0 Å². The summed E-state index contributed by atoms with van der Waals surface area (Å²) in [4.78, 5) is 0. The highest BCUT2D eigenvalue weighted by Gasteiger charge is 2.37. The molecule has 3 aliphatic carbocycles. The molecule has 0 saturated heterocycles. The molecule has 0 spiro atoms. The zero-order valence-corrected chi connectivity index (χ0v) is 12.7. The fourth-order valence-electron chi connectivity index (χ4n) is 3.19. The van der Waals surface area contributed by atoms with Crippen LogP contribution < -0.4 is 0 Å². The van der Waals surface area contributed by atoms with Crippen molar-refractivity contribution < 1.29 is 5.11 Å². The first-order valence-electron chi connectivity index (χ1n) is 8.12. The van der Waals surface area contributed by atoms with Crippen molar-refractivity contribution in [3.8, 4) is 0 Å². The maximum atomic E-state index is 10.3. The van der Waals surface area contributed by atoms with Crippen LogP contribution in [-0.2, 0) is 0 Å². The highest BCUT2D eigenvalue weighted by Crippen LogP contribution is 2.47. The molecule has 110 valence electrons. The van der Waals surface area contributed by atoms with Crippen LogP contribution in [0.1, 0.15) is 75.6 Å². The van der Waals surface area contributed by atoms with Crippen LogP contribution in [0.2, 0.25) is 0 Å². The third-order valence-electron chi connectivity index (χ3n) is 4.72. The van der Waals surface area contributed by atoms with E-state index in [1.165, 1.54) is 50.8 Å². The normalized spacial score (nSPS) is 31.2. The molecular weight excluding hydrogens is 270 g/mol. The number of aliphatic hydroxyl groups is 1. The van der Waals surface area contributed by atoms with Crippen molar-refractivity contribution in [1.29, 1.82) is 0 Å². The summed E-state index contributed by atoms with van der Waals surface area (Å²) in [5.41, 5.74) is 0. The fraction of sp³-hybridized carbons (Fsp3) is 0.867. The smallest absolute Gasteiger partial charge is 0.191 e. The second-order valence-corrected chi connectivity index (χ2v) is 7.78. The van der Waals surface area contributed by atoms with Crippen LogP contribution in [0.25, 0.3) is 0 Å². The Labute approximate surface area is 124 Å². The second kappa shape index (κ2) is 5.34. The molecule has 1 heterocycles. The van der Waals surface area contributed by atoms with Crippen LogP contribution in [0.15, 0.2) is 5.16 Å². The van der Waals surface area contributed by atoms with E-state index in [1.807, 2.05) is 0 Å². The van der Waals surface area contributed by atoms with Crippen LogP contribution in [0.3, 0.4) is 0 Å². The molecule has 4 rings (SSSR count). The predicted octanol–water partition coefficient (Wildman–Crippen LogP) is 3.28. The first kappa shape index (κ1) is 13.1. The lowest BCUT2D eigenvalue weighted by Crippen LogP contribution is -2.22. The van der Waals surface area contributed by atoms with Gasteiger partial charge < -0.3 is 9.67 Å². The zero-order valence-electron chi connectivity index (χ0n) is 11.9. The Hall–Kier alpha value is -0.550. The van der Waals surface area contributed by atoms with Crippen molar-refractivity contribution in [1.82, 2.24) is 14.8 Å². The molecule has 0 aromatic carbocycles. The van der Waals surface area contributed by atoms with Gasteiger partial charge in [-0.15, -0.1) is 10.2 Å². The van der Waals surface area contributed by atoms with Crippen molar-refractivity contribution in [2.45, 2.75) is 86.3 Å². The molecule has 3 fully saturated rings. The highest BCUT2D eigenvalue weighted by atomic mass is 32.2. The van der Waals surface area contributed by atoms with Crippen molar-refractivity contribution >= 4 is 11.8 Å². The lowest BCUT2D eigenvalue weighted by Gasteiger charge is -2.19. The van der Waals surface area contributed by atoms with E-state index in [0.29, 0.717) is 17.2 Å². The molecule has 1 N–H and O–H groups in total. The minimum atomic E-state index is -0.170. The van der Waals surface area contributed by atoms with Crippen LogP contribution >= 0.6 is 11.8 Å². The molecule has 4 nitrogen and oxygen atoms in total. The molecule has 3 aliphatic rings. The molecule has 2 unspecified atom stereocenters. The Balaban J connectivity index is 1.55. The Morgan fingerprint density at radius 2 is 1.75 bits per heavy atom. The number of rotatable bonds is 4. The number of aliphatic hydroxyl groups excluding tert-OH is 1. The first-order chi connectivity index (χ1) is 9.83. The standard InChI is InChI=1S/C15H23N3OS/c19-12-4-2-1-3-5-13(12)20-15-17-16-14(10-6-7-10)18(15)11-8-9-11/h10-13,19H,1-9H2. The van der Waals surface area contributed by atoms with Gasteiger partial charge in [-0.3, -0.25) is 0 Å². The van der Waals surface area contributed by atoms with E-state index in [2.05, 4.69) is 14.8 Å². The van der Waals surface area contributed by atoms with Crippen LogP contribution in [0.4, 0.5) is 0 Å². The van der Waals surface area contributed by atoms with Crippen molar-refractivity contribution in [2.24, 2.45) is 0 Å². The van der Waals surface area contributed by atoms with Gasteiger partial charge in [-0.1, -0.05) is 31.0 Å². The van der Waals surface area contributed by atoms with Gasteiger partial charge in [-0.25, -0.2) is 0 Å². The van der Waals surface area contributed by atoms with E-state index in [4.69, 9.17) is 0 Å². The van der Waals surface area contributed by atoms with Gasteiger partial charge in [-0.2, -0.15) is 0 Å². The van der Waals surface area contributed by atoms with E-state index in [-0.39, 0.29) is 6.10 Å². The summed E-state index contributed by atoms with van der Waals surface area (Å²) in [6.45, 7) is 0. The van der Waals surface area contributed by atoms with E-state index in [0.717, 1.165) is 18.0 Å². The highest BCUT2D eigenvalue weighted by molar-refractivity contribution is 7.99. The average Bonchev–Trinajstić information content (AvgIpc) is 3.33. The third-order valence-corrected chi connectivity index (χ3v) is 6.06. The first-order valence-corrected chi connectivity index (χ1v) is 9.00. The summed E-state index contributed by atoms with van der Waals surface area (Å²) in [5, 5.41) is 20.6. The topological polar surface area (TPSA) is 50.9 Å². The Morgan fingerprint density at radius 1 is 0.950 bits per heavy atom. The minimum Gasteiger partial charge on any atom is -0.392 e. The predicted molar refractivity (Wildman–Crippen MR) is 79.0 cm³/mol. The second-order valence-electron chi connectivity index (χ2n) is 6.58. The maximum Gasteiger partial charge on any atom is 0.191 e. The van der Waals surface area contributed by atoms with E-state index >= 15 is 0 Å². The monoisotopic (exact) mass is 293 g/mol. The third kappa shape index (κ3) is 2.62. The summed E-state index contributed by atoms with van der Waals surface area (Å²) in [5.74, 6) is 1.88. The van der Waals surface area contributed by atoms with Crippen molar-refractivity contribution in [3.05, 3.63) is 5.82 Å². The molecule has 5 heteroatoms. The molecule has 0 amide bonds. The Kier molecular flexibility index (Phi) is 3.50. The summed E-state index contributed by atoms with van der Waals surface area (Å²) < 4.78 is 2.40. The van der Waals surface area contributed by atoms with Gasteiger partial charge in [-0.05, 0) is 38.5 Å². The summed E-state index contributed by atoms with van der Waals surface area (Å²) in [6, 6.07) is 0.644. The van der Waals surface area contributed by atoms with E-state index in [1.54, 1.807) is 11.8 Å². The number of thioether (sulfide) groups is 1. The van der Waals surface area contributed by atoms with Gasteiger partial charge in [0, 0.05) is 17.2 Å². The van der Waals surface area contributed by atoms with E-state index in [9.17, 15) is 5.11 Å². The largest absolute Gasteiger partial charge is 0.392 e. The molecule has 20 heavy (non-hydrogen) atoms. The molecule has 0 aliphatic heterocycles. The molecule has 2 atom stereocenters. The number of hydrogen-bond donors (Lipinski definition) is 1. The van der Waals surface area contributed by atoms with E-state index < -0.39 is 0 Å². The summed E-state index contributed by atoms with van der Waals surface area (Å²) in [6.07, 6.45) is 10.7. The van der Waals surface area contributed by atoms with Gasteiger partial charge >= 0.3 is 0 Å². The number of hydrogen-bond acceptors (Lipinski definition) is 4. The molecule has 1 aromatic heterocycles. The number of nitrogens with zero attached hydrogens (tertiary/aromatic N) is 3. The quantitative estimate of drug-likeness (QED) is 0.866. The van der Waals surface area contributed by atoms with Gasteiger partial charge in [0.1, 0.15) is 5.82 Å². The lowest BCUT2D eigenvalue weighted by molar-refractivity contribution is 0.163. The fourth-order valence-corrected chi connectivity index (χ4v) is 4.48. The minimum absolute atomic E-state index is 0.170.